The van der Waals surface area contributed by atoms with E-state index >= 15 is 0 Å². The fraction of sp³-hybridized carbons (Fsp3) is 0.250. The monoisotopic (exact) mass is 299 g/mol. The maximum atomic E-state index is 12.0. The summed E-state index contributed by atoms with van der Waals surface area (Å²) < 4.78 is 0. The number of hydrogen-bond acceptors (Lipinski definition) is 3. The highest BCUT2D eigenvalue weighted by atomic mass is 32.2. The van der Waals surface area contributed by atoms with Gasteiger partial charge in [-0.25, -0.2) is 4.98 Å². The molecule has 2 aromatic rings. The number of carbonyl (C=O) groups is 1. The second kappa shape index (κ2) is 5.77. The van der Waals surface area contributed by atoms with Crippen LogP contribution >= 0.6 is 11.8 Å². The summed E-state index contributed by atoms with van der Waals surface area (Å²) in [5.74, 6) is 1.50. The number of aromatic nitrogens is 2. The van der Waals surface area contributed by atoms with Crippen LogP contribution < -0.4 is 0 Å². The zero-order chi connectivity index (χ0) is 14.8. The van der Waals surface area contributed by atoms with E-state index in [-0.39, 0.29) is 11.3 Å². The Bertz CT molecular complexity index is 665. The van der Waals surface area contributed by atoms with Gasteiger partial charge in [0.05, 0.1) is 17.6 Å². The molecule has 4 nitrogen and oxygen atoms in total. The zero-order valence-electron chi connectivity index (χ0n) is 11.9. The second-order valence-electron chi connectivity index (χ2n) is 5.20. The van der Waals surface area contributed by atoms with Crippen LogP contribution in [0.3, 0.4) is 0 Å². The highest BCUT2D eigenvalue weighted by molar-refractivity contribution is 8.00. The minimum Gasteiger partial charge on any atom is -0.339 e. The molecule has 1 aromatic carbocycles. The molecule has 1 aliphatic heterocycles. The van der Waals surface area contributed by atoms with Gasteiger partial charge in [0.2, 0.25) is 5.91 Å². The summed E-state index contributed by atoms with van der Waals surface area (Å²) >= 11 is 1.63. The van der Waals surface area contributed by atoms with E-state index in [0.29, 0.717) is 12.3 Å². The van der Waals surface area contributed by atoms with E-state index in [4.69, 9.17) is 0 Å². The minimum absolute atomic E-state index is 0.000776. The summed E-state index contributed by atoms with van der Waals surface area (Å²) in [7, 11) is 0. The van der Waals surface area contributed by atoms with Gasteiger partial charge in [0.1, 0.15) is 11.2 Å². The largest absolute Gasteiger partial charge is 0.339 e. The van der Waals surface area contributed by atoms with Gasteiger partial charge in [0.25, 0.3) is 0 Å². The molecule has 0 aliphatic carbocycles. The summed E-state index contributed by atoms with van der Waals surface area (Å²) in [6.07, 6.45) is 1.82. The molecule has 108 valence electrons. The summed E-state index contributed by atoms with van der Waals surface area (Å²) in [4.78, 5) is 21.6. The molecule has 1 fully saturated rings. The Labute approximate surface area is 128 Å². The van der Waals surface area contributed by atoms with Crippen LogP contribution in [0.15, 0.2) is 48.7 Å². The van der Waals surface area contributed by atoms with Crippen LogP contribution in [-0.2, 0) is 4.79 Å². The van der Waals surface area contributed by atoms with Crippen molar-refractivity contribution >= 4 is 17.7 Å². The van der Waals surface area contributed by atoms with Gasteiger partial charge in [-0.1, -0.05) is 42.5 Å². The van der Waals surface area contributed by atoms with E-state index in [9.17, 15) is 4.79 Å². The number of carbonyl (C=O) groups excluding carboxylic acids is 1. The first-order valence-corrected chi connectivity index (χ1v) is 7.86. The molecule has 1 amide bonds. The number of hydrogen-bond donors (Lipinski definition) is 1. The van der Waals surface area contributed by atoms with Crippen molar-refractivity contribution in [2.75, 3.05) is 12.3 Å². The normalized spacial score (nSPS) is 18.2. The second-order valence-corrected chi connectivity index (χ2v) is 6.26. The fourth-order valence-electron chi connectivity index (χ4n) is 2.38. The summed E-state index contributed by atoms with van der Waals surface area (Å²) in [5, 5.41) is -0.000776. The third-order valence-electron chi connectivity index (χ3n) is 3.32. The molecule has 1 aliphatic rings. The molecule has 2 heterocycles. The Morgan fingerprint density at radius 3 is 2.95 bits per heavy atom. The molecule has 1 aromatic heterocycles. The van der Waals surface area contributed by atoms with E-state index in [2.05, 4.69) is 16.5 Å². The quantitative estimate of drug-likeness (QED) is 0.882. The third-order valence-corrected chi connectivity index (χ3v) is 4.55. The lowest BCUT2D eigenvalue weighted by Crippen LogP contribution is -2.29. The average Bonchev–Trinajstić information content (AvgIpc) is 3.08. The van der Waals surface area contributed by atoms with Crippen molar-refractivity contribution in [1.29, 1.82) is 0 Å². The van der Waals surface area contributed by atoms with Gasteiger partial charge in [-0.3, -0.25) is 4.79 Å². The molecule has 21 heavy (non-hydrogen) atoms. The maximum absolute atomic E-state index is 12.0. The van der Waals surface area contributed by atoms with Crippen molar-refractivity contribution in [2.45, 2.75) is 12.3 Å². The Morgan fingerprint density at radius 1 is 1.48 bits per heavy atom. The molecule has 5 heteroatoms. The molecule has 0 spiro atoms. The Balaban J connectivity index is 1.85. The topological polar surface area (TPSA) is 49.0 Å². The number of benzene rings is 1. The first kappa shape index (κ1) is 13.9. The summed E-state index contributed by atoms with van der Waals surface area (Å²) in [6.45, 7) is 6.44. The van der Waals surface area contributed by atoms with Gasteiger partial charge < -0.3 is 9.88 Å². The zero-order valence-corrected chi connectivity index (χ0v) is 12.7. The summed E-state index contributed by atoms with van der Waals surface area (Å²) in [5.41, 5.74) is 2.99. The molecule has 1 atom stereocenters. The molecule has 1 saturated heterocycles. The Kier molecular flexibility index (Phi) is 3.84. The number of imidazole rings is 1. The van der Waals surface area contributed by atoms with Gasteiger partial charge in [0, 0.05) is 12.1 Å². The lowest BCUT2D eigenvalue weighted by atomic mass is 10.2. The van der Waals surface area contributed by atoms with Crippen LogP contribution in [0.2, 0.25) is 0 Å². The van der Waals surface area contributed by atoms with Crippen molar-refractivity contribution < 1.29 is 4.79 Å². The number of rotatable bonds is 4. The number of nitrogens with one attached hydrogen (secondary N) is 1. The van der Waals surface area contributed by atoms with Crippen molar-refractivity contribution in [3.05, 3.63) is 54.4 Å². The van der Waals surface area contributed by atoms with Gasteiger partial charge in [-0.15, -0.1) is 11.8 Å². The summed E-state index contributed by atoms with van der Waals surface area (Å²) in [6, 6.07) is 9.98. The van der Waals surface area contributed by atoms with E-state index < -0.39 is 0 Å². The lowest BCUT2D eigenvalue weighted by molar-refractivity contribution is -0.127. The SMILES string of the molecule is C=C(C)CN1C(=O)CSC1c1cnc(-c2ccccc2)[nH]1. The molecule has 1 N–H and O–H groups in total. The van der Waals surface area contributed by atoms with Crippen LogP contribution in [0.25, 0.3) is 11.4 Å². The number of H-pyrrole nitrogens is 1. The predicted molar refractivity (Wildman–Crippen MR) is 85.7 cm³/mol. The van der Waals surface area contributed by atoms with Crippen molar-refractivity contribution in [1.82, 2.24) is 14.9 Å². The predicted octanol–water partition coefficient (Wildman–Crippen LogP) is 3.23. The number of aromatic amines is 1. The van der Waals surface area contributed by atoms with Gasteiger partial charge in [-0.05, 0) is 6.92 Å². The van der Waals surface area contributed by atoms with Crippen molar-refractivity contribution in [3.8, 4) is 11.4 Å². The standard InChI is InChI=1S/C16H17N3OS/c1-11(2)9-19-14(20)10-21-16(19)13-8-17-15(18-13)12-6-4-3-5-7-12/h3-8,16H,1,9-10H2,2H3,(H,17,18). The molecule has 3 rings (SSSR count). The third kappa shape index (κ3) is 2.88. The molecular weight excluding hydrogens is 282 g/mol. The number of thioether (sulfide) groups is 1. The molecule has 0 bridgehead atoms. The van der Waals surface area contributed by atoms with Crippen LogP contribution in [0.5, 0.6) is 0 Å². The average molecular weight is 299 g/mol. The smallest absolute Gasteiger partial charge is 0.234 e. The van der Waals surface area contributed by atoms with E-state index in [0.717, 1.165) is 22.7 Å². The molecular formula is C16H17N3OS. The van der Waals surface area contributed by atoms with Crippen molar-refractivity contribution in [2.24, 2.45) is 0 Å². The lowest BCUT2D eigenvalue weighted by Gasteiger charge is -2.22. The first-order chi connectivity index (χ1) is 10.1. The Hall–Kier alpha value is -2.01. The van der Waals surface area contributed by atoms with E-state index in [1.54, 1.807) is 11.8 Å². The van der Waals surface area contributed by atoms with Gasteiger partial charge >= 0.3 is 0 Å². The minimum atomic E-state index is -0.000776. The van der Waals surface area contributed by atoms with E-state index in [1.165, 1.54) is 0 Å². The van der Waals surface area contributed by atoms with Crippen molar-refractivity contribution in [3.63, 3.8) is 0 Å². The Morgan fingerprint density at radius 2 is 2.24 bits per heavy atom. The molecule has 0 saturated carbocycles. The maximum Gasteiger partial charge on any atom is 0.234 e. The fourth-order valence-corrected chi connectivity index (χ4v) is 3.51. The molecule has 1 unspecified atom stereocenters. The highest BCUT2D eigenvalue weighted by Gasteiger charge is 2.33. The van der Waals surface area contributed by atoms with E-state index in [1.807, 2.05) is 48.4 Å². The highest BCUT2D eigenvalue weighted by Crippen LogP contribution is 2.38. The van der Waals surface area contributed by atoms with Gasteiger partial charge in [-0.2, -0.15) is 0 Å². The first-order valence-electron chi connectivity index (χ1n) is 6.81. The van der Waals surface area contributed by atoms with Crippen LogP contribution in [0.1, 0.15) is 18.0 Å². The van der Waals surface area contributed by atoms with Crippen LogP contribution in [-0.4, -0.2) is 33.1 Å². The number of nitrogens with zero attached hydrogens (tertiary/aromatic N) is 2. The van der Waals surface area contributed by atoms with Gasteiger partial charge in [0.15, 0.2) is 0 Å². The van der Waals surface area contributed by atoms with Crippen LogP contribution in [0, 0.1) is 0 Å². The molecule has 0 radical (unpaired) electrons. The van der Waals surface area contributed by atoms with Crippen LogP contribution in [0.4, 0.5) is 0 Å². The number of amides is 1.